The van der Waals surface area contributed by atoms with E-state index >= 15 is 0 Å². The standard InChI is InChI=1S/C21H15ClN2O3S/c22-15-4-1-3-14(11-15)19(25)17-18(13-6-8-23-9-7-13)24(21(27)20(17)26)12-16-5-2-10-28-16/h1-11,18,25H,12H2/b19-17-. The van der Waals surface area contributed by atoms with Gasteiger partial charge in [0.25, 0.3) is 11.7 Å². The summed E-state index contributed by atoms with van der Waals surface area (Å²) in [6, 6.07) is 13.1. The lowest BCUT2D eigenvalue weighted by atomic mass is 9.96. The highest BCUT2D eigenvalue weighted by atomic mass is 35.5. The van der Waals surface area contributed by atoms with Gasteiger partial charge < -0.3 is 10.0 Å². The lowest BCUT2D eigenvalue weighted by Crippen LogP contribution is -2.28. The third kappa shape index (κ3) is 3.32. The van der Waals surface area contributed by atoms with Crippen molar-refractivity contribution in [1.82, 2.24) is 9.88 Å². The number of nitrogens with zero attached hydrogens (tertiary/aromatic N) is 2. The number of amides is 1. The third-order valence-electron chi connectivity index (χ3n) is 4.57. The second kappa shape index (κ2) is 7.58. The molecule has 7 heteroatoms. The molecule has 5 nitrogen and oxygen atoms in total. The van der Waals surface area contributed by atoms with E-state index in [1.54, 1.807) is 48.8 Å². The number of aliphatic hydroxyl groups excluding tert-OH is 1. The summed E-state index contributed by atoms with van der Waals surface area (Å²) in [7, 11) is 0. The monoisotopic (exact) mass is 410 g/mol. The first-order chi connectivity index (χ1) is 13.6. The zero-order chi connectivity index (χ0) is 19.7. The first-order valence-electron chi connectivity index (χ1n) is 8.53. The number of hydrogen-bond donors (Lipinski definition) is 1. The molecule has 0 aliphatic carbocycles. The molecule has 1 N–H and O–H groups in total. The number of pyridine rings is 1. The quantitative estimate of drug-likeness (QED) is 0.392. The predicted molar refractivity (Wildman–Crippen MR) is 108 cm³/mol. The Kier molecular flexibility index (Phi) is 4.98. The molecular formula is C21H15ClN2O3S. The number of aromatic nitrogens is 1. The van der Waals surface area contributed by atoms with E-state index in [0.29, 0.717) is 16.1 Å². The van der Waals surface area contributed by atoms with Crippen LogP contribution in [0, 0.1) is 0 Å². The van der Waals surface area contributed by atoms with Crippen LogP contribution in [-0.4, -0.2) is 26.7 Å². The van der Waals surface area contributed by atoms with Crippen molar-refractivity contribution in [1.29, 1.82) is 0 Å². The molecule has 1 fully saturated rings. The van der Waals surface area contributed by atoms with Gasteiger partial charge in [-0.25, -0.2) is 0 Å². The minimum Gasteiger partial charge on any atom is -0.507 e. The highest BCUT2D eigenvalue weighted by molar-refractivity contribution is 7.09. The molecule has 1 atom stereocenters. The van der Waals surface area contributed by atoms with Crippen molar-refractivity contribution in [2.24, 2.45) is 0 Å². The van der Waals surface area contributed by atoms with Gasteiger partial charge in [-0.2, -0.15) is 0 Å². The smallest absolute Gasteiger partial charge is 0.295 e. The molecule has 0 bridgehead atoms. The summed E-state index contributed by atoms with van der Waals surface area (Å²) in [6.07, 6.45) is 3.19. The number of benzene rings is 1. The number of aliphatic hydroxyl groups is 1. The average molecular weight is 411 g/mol. The molecule has 4 rings (SSSR count). The van der Waals surface area contributed by atoms with Gasteiger partial charge in [-0.05, 0) is 41.3 Å². The largest absolute Gasteiger partial charge is 0.507 e. The lowest BCUT2D eigenvalue weighted by Gasteiger charge is -2.24. The zero-order valence-electron chi connectivity index (χ0n) is 14.6. The summed E-state index contributed by atoms with van der Waals surface area (Å²) < 4.78 is 0. The number of carbonyl (C=O) groups is 2. The fourth-order valence-electron chi connectivity index (χ4n) is 3.30. The molecule has 1 aliphatic heterocycles. The van der Waals surface area contributed by atoms with Crippen LogP contribution in [0.3, 0.4) is 0 Å². The van der Waals surface area contributed by atoms with E-state index in [4.69, 9.17) is 11.6 Å². The van der Waals surface area contributed by atoms with Crippen molar-refractivity contribution in [2.75, 3.05) is 0 Å². The van der Waals surface area contributed by atoms with Crippen LogP contribution in [0.15, 0.2) is 71.9 Å². The van der Waals surface area contributed by atoms with Crippen molar-refractivity contribution < 1.29 is 14.7 Å². The molecule has 3 aromatic rings. The van der Waals surface area contributed by atoms with Crippen LogP contribution < -0.4 is 0 Å². The maximum atomic E-state index is 12.9. The van der Waals surface area contributed by atoms with E-state index in [0.717, 1.165) is 4.88 Å². The Morgan fingerprint density at radius 3 is 2.61 bits per heavy atom. The Morgan fingerprint density at radius 2 is 1.93 bits per heavy atom. The average Bonchev–Trinajstić information content (AvgIpc) is 3.30. The summed E-state index contributed by atoms with van der Waals surface area (Å²) in [5.41, 5.74) is 1.14. The van der Waals surface area contributed by atoms with Gasteiger partial charge in [-0.3, -0.25) is 14.6 Å². The normalized spacial score (nSPS) is 18.6. The number of carbonyl (C=O) groups excluding carboxylic acids is 2. The van der Waals surface area contributed by atoms with Crippen molar-refractivity contribution >= 4 is 40.4 Å². The van der Waals surface area contributed by atoms with E-state index in [-0.39, 0.29) is 17.9 Å². The Morgan fingerprint density at radius 1 is 1.14 bits per heavy atom. The summed E-state index contributed by atoms with van der Waals surface area (Å²) >= 11 is 7.54. The van der Waals surface area contributed by atoms with Gasteiger partial charge in [0.1, 0.15) is 5.76 Å². The third-order valence-corrected chi connectivity index (χ3v) is 5.66. The summed E-state index contributed by atoms with van der Waals surface area (Å²) in [4.78, 5) is 32.1. The first kappa shape index (κ1) is 18.4. The lowest BCUT2D eigenvalue weighted by molar-refractivity contribution is -0.140. The van der Waals surface area contributed by atoms with Gasteiger partial charge in [0.2, 0.25) is 0 Å². The fraction of sp³-hybridized carbons (Fsp3) is 0.0952. The van der Waals surface area contributed by atoms with E-state index in [2.05, 4.69) is 4.98 Å². The maximum Gasteiger partial charge on any atom is 0.295 e. The SMILES string of the molecule is O=C1C(=O)N(Cc2cccs2)C(c2ccncc2)/C1=C(/O)c1cccc(Cl)c1. The highest BCUT2D eigenvalue weighted by Crippen LogP contribution is 2.40. The van der Waals surface area contributed by atoms with E-state index in [1.807, 2.05) is 17.5 Å². The van der Waals surface area contributed by atoms with Gasteiger partial charge in [-0.15, -0.1) is 11.3 Å². The van der Waals surface area contributed by atoms with Crippen LogP contribution in [0.1, 0.15) is 22.0 Å². The molecule has 3 heterocycles. The highest BCUT2D eigenvalue weighted by Gasteiger charge is 2.46. The molecule has 2 aromatic heterocycles. The molecule has 1 unspecified atom stereocenters. The number of Topliss-reactive ketones (excluding diaryl/α,β-unsaturated/α-hetero) is 1. The predicted octanol–water partition coefficient (Wildman–Crippen LogP) is 4.42. The first-order valence-corrected chi connectivity index (χ1v) is 9.78. The van der Waals surface area contributed by atoms with Gasteiger partial charge in [0.05, 0.1) is 18.2 Å². The second-order valence-electron chi connectivity index (χ2n) is 6.30. The van der Waals surface area contributed by atoms with Gasteiger partial charge in [0.15, 0.2) is 0 Å². The van der Waals surface area contributed by atoms with Crippen molar-refractivity contribution in [3.8, 4) is 0 Å². The van der Waals surface area contributed by atoms with Crippen molar-refractivity contribution in [3.63, 3.8) is 0 Å². The molecule has 0 saturated carbocycles. The maximum absolute atomic E-state index is 12.9. The molecule has 0 radical (unpaired) electrons. The topological polar surface area (TPSA) is 70.5 Å². The summed E-state index contributed by atoms with van der Waals surface area (Å²) in [6.45, 7) is 0.279. The Balaban J connectivity index is 1.87. The number of likely N-dealkylation sites (tertiary alicyclic amines) is 1. The number of hydrogen-bond acceptors (Lipinski definition) is 5. The van der Waals surface area contributed by atoms with Crippen LogP contribution in [0.2, 0.25) is 5.02 Å². The van der Waals surface area contributed by atoms with Gasteiger partial charge in [-0.1, -0.05) is 29.8 Å². The van der Waals surface area contributed by atoms with Crippen LogP contribution in [0.4, 0.5) is 0 Å². The van der Waals surface area contributed by atoms with Crippen molar-refractivity contribution in [2.45, 2.75) is 12.6 Å². The number of rotatable bonds is 4. The van der Waals surface area contributed by atoms with Crippen LogP contribution in [-0.2, 0) is 16.1 Å². The Hall–Kier alpha value is -2.96. The summed E-state index contributed by atoms with van der Waals surface area (Å²) in [5.74, 6) is -1.59. The van der Waals surface area contributed by atoms with Gasteiger partial charge in [0, 0.05) is 27.9 Å². The molecule has 140 valence electrons. The van der Waals surface area contributed by atoms with E-state index in [1.165, 1.54) is 16.2 Å². The molecule has 0 spiro atoms. The molecule has 1 aliphatic rings. The number of halogens is 1. The van der Waals surface area contributed by atoms with Crippen molar-refractivity contribution in [3.05, 3.63) is 92.9 Å². The molecule has 1 saturated heterocycles. The van der Waals surface area contributed by atoms with Crippen LogP contribution in [0.25, 0.3) is 5.76 Å². The summed E-state index contributed by atoms with van der Waals surface area (Å²) in [5, 5.41) is 13.3. The van der Waals surface area contributed by atoms with Gasteiger partial charge >= 0.3 is 0 Å². The van der Waals surface area contributed by atoms with E-state index in [9.17, 15) is 14.7 Å². The molecule has 28 heavy (non-hydrogen) atoms. The minimum absolute atomic E-state index is 0.0509. The van der Waals surface area contributed by atoms with E-state index < -0.39 is 17.7 Å². The molecule has 1 aromatic carbocycles. The Bertz CT molecular complexity index is 1060. The number of thiophene rings is 1. The Labute approximate surface area is 170 Å². The van der Waals surface area contributed by atoms with Crippen LogP contribution >= 0.6 is 22.9 Å². The second-order valence-corrected chi connectivity index (χ2v) is 7.77. The fourth-order valence-corrected chi connectivity index (χ4v) is 4.19. The number of ketones is 1. The van der Waals surface area contributed by atoms with Crippen LogP contribution in [0.5, 0.6) is 0 Å². The molecular weight excluding hydrogens is 396 g/mol. The zero-order valence-corrected chi connectivity index (χ0v) is 16.2. The molecule has 1 amide bonds. The minimum atomic E-state index is -0.712.